The minimum atomic E-state index is 0.465. The first-order valence-corrected chi connectivity index (χ1v) is 20.4. The third-order valence-electron chi connectivity index (χ3n) is 12.1. The molecule has 0 aliphatic carbocycles. The van der Waals surface area contributed by atoms with Crippen LogP contribution in [-0.4, -0.2) is 24.1 Å². The summed E-state index contributed by atoms with van der Waals surface area (Å²) in [7, 11) is 0. The number of benzene rings is 8. The minimum Gasteiger partial charge on any atom is -0.307 e. The molecule has 4 heterocycles. The zero-order valence-corrected chi connectivity index (χ0v) is 33.0. The molecule has 8 aromatic carbocycles. The van der Waals surface area contributed by atoms with E-state index in [4.69, 9.17) is 9.97 Å². The largest absolute Gasteiger partial charge is 0.307 e. The van der Waals surface area contributed by atoms with Crippen molar-refractivity contribution in [2.75, 3.05) is 0 Å². The molecular weight excluding hydrogens is 759 g/mol. The fourth-order valence-corrected chi connectivity index (χ4v) is 9.43. The van der Waals surface area contributed by atoms with Crippen molar-refractivity contribution in [1.29, 1.82) is 10.5 Å². The van der Waals surface area contributed by atoms with Gasteiger partial charge >= 0.3 is 0 Å². The first-order valence-electron chi connectivity index (χ1n) is 20.4. The molecule has 0 unspecified atom stereocenters. The molecule has 0 radical (unpaired) electrons. The molecule has 0 atom stereocenters. The molecule has 0 fully saturated rings. The summed E-state index contributed by atoms with van der Waals surface area (Å²) in [5.74, 6) is 0.465. The molecule has 0 aliphatic heterocycles. The molecule has 62 heavy (non-hydrogen) atoms. The number of nitrogens with zero attached hydrogens (tertiary/aromatic N) is 7. The summed E-state index contributed by atoms with van der Waals surface area (Å²) in [6.45, 7) is 0. The zero-order valence-electron chi connectivity index (χ0n) is 33.0. The Balaban J connectivity index is 1.20. The minimum absolute atomic E-state index is 0.465. The molecule has 286 valence electrons. The number of pyridine rings is 1. The lowest BCUT2D eigenvalue weighted by Crippen LogP contribution is -2.05. The van der Waals surface area contributed by atoms with Crippen LogP contribution >= 0.6 is 0 Å². The lowest BCUT2D eigenvalue weighted by atomic mass is 9.99. The fourth-order valence-electron chi connectivity index (χ4n) is 9.43. The van der Waals surface area contributed by atoms with E-state index in [0.29, 0.717) is 28.3 Å². The van der Waals surface area contributed by atoms with Gasteiger partial charge in [-0.1, -0.05) is 133 Å². The molecule has 0 N–H and O–H groups in total. The SMILES string of the molecule is N#Cc1cccc(-c2cc(-c3cccc(C#N)c3-n3c4ccccc4c4ccc5ccccc5c43)nc(-c3cccnc3)n2)c1-n1c2ccccc2c2ccc3ccccc3c21. The van der Waals surface area contributed by atoms with Crippen LogP contribution in [0.2, 0.25) is 0 Å². The van der Waals surface area contributed by atoms with Crippen molar-refractivity contribution in [3.05, 3.63) is 199 Å². The highest BCUT2D eigenvalue weighted by molar-refractivity contribution is 6.20. The van der Waals surface area contributed by atoms with Crippen molar-refractivity contribution >= 4 is 65.2 Å². The van der Waals surface area contributed by atoms with E-state index in [1.165, 1.54) is 0 Å². The van der Waals surface area contributed by atoms with Crippen LogP contribution in [0.15, 0.2) is 188 Å². The Bertz CT molecular complexity index is 3670. The third-order valence-corrected chi connectivity index (χ3v) is 12.1. The highest BCUT2D eigenvalue weighted by Gasteiger charge is 2.25. The van der Waals surface area contributed by atoms with Crippen LogP contribution in [0.5, 0.6) is 0 Å². The summed E-state index contributed by atoms with van der Waals surface area (Å²) in [5, 5.41) is 30.6. The first kappa shape index (κ1) is 35.1. The monoisotopic (exact) mass is 789 g/mol. The van der Waals surface area contributed by atoms with Gasteiger partial charge in [0, 0.05) is 61.4 Å². The number of rotatable bonds is 5. The maximum atomic E-state index is 10.9. The molecule has 12 rings (SSSR count). The summed E-state index contributed by atoms with van der Waals surface area (Å²) in [4.78, 5) is 15.1. The molecule has 12 aromatic rings. The number of para-hydroxylation sites is 4. The van der Waals surface area contributed by atoms with E-state index >= 15 is 0 Å². The van der Waals surface area contributed by atoms with Gasteiger partial charge in [-0.15, -0.1) is 0 Å². The van der Waals surface area contributed by atoms with E-state index in [1.54, 1.807) is 12.4 Å². The van der Waals surface area contributed by atoms with Gasteiger partial charge in [0.15, 0.2) is 5.82 Å². The Morgan fingerprint density at radius 1 is 0.419 bits per heavy atom. The predicted octanol–water partition coefficient (Wildman–Crippen LogP) is 13.1. The van der Waals surface area contributed by atoms with E-state index in [2.05, 4.69) is 135 Å². The molecule has 0 amide bonds. The quantitative estimate of drug-likeness (QED) is 0.173. The van der Waals surface area contributed by atoms with Crippen LogP contribution in [0.4, 0.5) is 0 Å². The van der Waals surface area contributed by atoms with Crippen LogP contribution in [-0.2, 0) is 0 Å². The number of aromatic nitrogens is 5. The maximum Gasteiger partial charge on any atom is 0.161 e. The zero-order chi connectivity index (χ0) is 41.3. The van der Waals surface area contributed by atoms with E-state index in [0.717, 1.165) is 93.2 Å². The fraction of sp³-hybridized carbons (Fsp3) is 0. The van der Waals surface area contributed by atoms with E-state index in [-0.39, 0.29) is 0 Å². The number of nitriles is 2. The summed E-state index contributed by atoms with van der Waals surface area (Å²) >= 11 is 0. The number of hydrogen-bond acceptors (Lipinski definition) is 5. The van der Waals surface area contributed by atoms with Crippen LogP contribution < -0.4 is 0 Å². The van der Waals surface area contributed by atoms with Gasteiger partial charge in [0.2, 0.25) is 0 Å². The highest BCUT2D eigenvalue weighted by atomic mass is 15.0. The lowest BCUT2D eigenvalue weighted by Gasteiger charge is -2.19. The van der Waals surface area contributed by atoms with Gasteiger partial charge < -0.3 is 9.13 Å². The molecule has 7 nitrogen and oxygen atoms in total. The first-order chi connectivity index (χ1) is 30.7. The Hall–Kier alpha value is -8.91. The van der Waals surface area contributed by atoms with Crippen molar-refractivity contribution in [1.82, 2.24) is 24.1 Å². The normalized spacial score (nSPS) is 11.5. The van der Waals surface area contributed by atoms with Gasteiger partial charge in [0.1, 0.15) is 12.1 Å². The number of fused-ring (bicyclic) bond motifs is 10. The third kappa shape index (κ3) is 5.19. The van der Waals surface area contributed by atoms with Crippen LogP contribution in [0.25, 0.3) is 110 Å². The molecule has 4 aromatic heterocycles. The molecule has 0 spiro atoms. The van der Waals surface area contributed by atoms with Crippen molar-refractivity contribution in [3.63, 3.8) is 0 Å². The summed E-state index contributed by atoms with van der Waals surface area (Å²) in [6, 6.07) is 64.7. The summed E-state index contributed by atoms with van der Waals surface area (Å²) in [5.41, 5.74) is 9.92. The van der Waals surface area contributed by atoms with Crippen molar-refractivity contribution in [2.45, 2.75) is 0 Å². The van der Waals surface area contributed by atoms with Crippen LogP contribution in [0, 0.1) is 22.7 Å². The summed E-state index contributed by atoms with van der Waals surface area (Å²) in [6.07, 6.45) is 3.50. The lowest BCUT2D eigenvalue weighted by molar-refractivity contribution is 1.13. The average molecular weight is 790 g/mol. The van der Waals surface area contributed by atoms with Gasteiger partial charge in [-0.05, 0) is 53.2 Å². The average Bonchev–Trinajstić information content (AvgIpc) is 3.87. The molecule has 0 aliphatic rings. The second-order valence-corrected chi connectivity index (χ2v) is 15.4. The highest BCUT2D eigenvalue weighted by Crippen LogP contribution is 2.43. The molecule has 0 saturated heterocycles. The Morgan fingerprint density at radius 3 is 1.39 bits per heavy atom. The Morgan fingerprint density at radius 2 is 0.903 bits per heavy atom. The van der Waals surface area contributed by atoms with Crippen molar-refractivity contribution < 1.29 is 0 Å². The molecule has 0 bridgehead atoms. The molecule has 0 saturated carbocycles. The maximum absolute atomic E-state index is 10.9. The van der Waals surface area contributed by atoms with Gasteiger partial charge in [0.05, 0.1) is 56.0 Å². The number of hydrogen-bond donors (Lipinski definition) is 0. The standard InChI is InChI=1S/C55H31N7/c56-31-36-14-9-21-45(51(36)61-49-23-7-5-19-41(49)43-27-25-34-12-1-3-17-39(34)53(43)61)47-30-48(60-55(59-47)38-16-11-29-58-33-38)46-22-10-15-37(32-57)52(46)62-50-24-8-6-20-42(50)44-28-26-35-13-2-4-18-40(35)54(44)62/h1-30,33H. The smallest absolute Gasteiger partial charge is 0.161 e. The van der Waals surface area contributed by atoms with E-state index in [9.17, 15) is 10.5 Å². The van der Waals surface area contributed by atoms with Gasteiger partial charge in [0.25, 0.3) is 0 Å². The predicted molar refractivity (Wildman–Crippen MR) is 249 cm³/mol. The van der Waals surface area contributed by atoms with Gasteiger partial charge in [-0.25, -0.2) is 9.97 Å². The van der Waals surface area contributed by atoms with Crippen LogP contribution in [0.1, 0.15) is 11.1 Å². The van der Waals surface area contributed by atoms with Gasteiger partial charge in [-0.3, -0.25) is 4.98 Å². The van der Waals surface area contributed by atoms with Crippen molar-refractivity contribution in [2.24, 2.45) is 0 Å². The second kappa shape index (κ2) is 13.8. The van der Waals surface area contributed by atoms with Crippen molar-refractivity contribution in [3.8, 4) is 57.4 Å². The Labute approximate surface area is 355 Å². The second-order valence-electron chi connectivity index (χ2n) is 15.4. The summed E-state index contributed by atoms with van der Waals surface area (Å²) < 4.78 is 4.47. The molecule has 7 heteroatoms. The van der Waals surface area contributed by atoms with Crippen LogP contribution in [0.3, 0.4) is 0 Å². The topological polar surface area (TPSA) is 96.1 Å². The van der Waals surface area contributed by atoms with Gasteiger partial charge in [-0.2, -0.15) is 10.5 Å². The van der Waals surface area contributed by atoms with E-state index < -0.39 is 0 Å². The van der Waals surface area contributed by atoms with E-state index in [1.807, 2.05) is 66.7 Å². The molecular formula is C55H31N7. The Kier molecular flexibility index (Phi) is 7.83.